The SMILES string of the molecule is CC(=O)N1CCN(c2cccc(Oc3ccc4c(c3)C(=O)N(c3ccccc3)C4=O)c2)CC1. The smallest absolute Gasteiger partial charge is 0.266 e. The number of rotatable bonds is 4. The number of amides is 3. The number of nitrogens with zero attached hydrogens (tertiary/aromatic N) is 3. The third kappa shape index (κ3) is 3.93. The minimum Gasteiger partial charge on any atom is -0.457 e. The standard InChI is InChI=1S/C26H23N3O4/c1-18(30)27-12-14-28(15-13-27)20-8-5-9-21(16-20)33-22-10-11-23-24(17-22)26(32)29(25(23)31)19-6-3-2-4-7-19/h2-11,16-17H,12-15H2,1H3. The summed E-state index contributed by atoms with van der Waals surface area (Å²) >= 11 is 0. The molecule has 0 aromatic heterocycles. The van der Waals surface area contributed by atoms with E-state index in [1.54, 1.807) is 49.4 Å². The zero-order valence-corrected chi connectivity index (χ0v) is 18.2. The Morgan fingerprint density at radius 2 is 1.39 bits per heavy atom. The number of piperazine rings is 1. The molecule has 7 heteroatoms. The van der Waals surface area contributed by atoms with Crippen molar-refractivity contribution in [3.63, 3.8) is 0 Å². The Morgan fingerprint density at radius 1 is 0.727 bits per heavy atom. The minimum absolute atomic E-state index is 0.0993. The van der Waals surface area contributed by atoms with E-state index < -0.39 is 0 Å². The average Bonchev–Trinajstić information content (AvgIpc) is 3.09. The van der Waals surface area contributed by atoms with E-state index in [2.05, 4.69) is 4.90 Å². The fourth-order valence-electron chi connectivity index (χ4n) is 4.25. The van der Waals surface area contributed by atoms with Crippen molar-refractivity contribution in [3.05, 3.63) is 83.9 Å². The first-order valence-electron chi connectivity index (χ1n) is 10.9. The Balaban J connectivity index is 1.34. The van der Waals surface area contributed by atoms with Crippen LogP contribution in [0.1, 0.15) is 27.6 Å². The lowest BCUT2D eigenvalue weighted by atomic mass is 10.1. The molecule has 2 heterocycles. The highest BCUT2D eigenvalue weighted by molar-refractivity contribution is 6.34. The summed E-state index contributed by atoms with van der Waals surface area (Å²) in [5.41, 5.74) is 2.26. The molecule has 3 aromatic rings. The molecule has 2 aliphatic heterocycles. The highest BCUT2D eigenvalue weighted by atomic mass is 16.5. The van der Waals surface area contributed by atoms with Gasteiger partial charge in [-0.05, 0) is 42.5 Å². The van der Waals surface area contributed by atoms with Crippen molar-refractivity contribution in [2.75, 3.05) is 36.0 Å². The molecular weight excluding hydrogens is 418 g/mol. The maximum Gasteiger partial charge on any atom is 0.266 e. The molecule has 2 aliphatic rings. The number of carbonyl (C=O) groups is 3. The lowest BCUT2D eigenvalue weighted by Crippen LogP contribution is -2.48. The normalized spacial score (nSPS) is 15.6. The third-order valence-electron chi connectivity index (χ3n) is 6.02. The van der Waals surface area contributed by atoms with Crippen LogP contribution in [-0.4, -0.2) is 48.8 Å². The Kier molecular flexibility index (Phi) is 5.30. The minimum atomic E-state index is -0.358. The first-order valence-corrected chi connectivity index (χ1v) is 10.9. The molecule has 1 fully saturated rings. The van der Waals surface area contributed by atoms with Gasteiger partial charge in [-0.25, -0.2) is 4.90 Å². The predicted octanol–water partition coefficient (Wildman–Crippen LogP) is 3.95. The first-order chi connectivity index (χ1) is 16.0. The van der Waals surface area contributed by atoms with E-state index in [-0.39, 0.29) is 17.7 Å². The van der Waals surface area contributed by atoms with Crippen LogP contribution < -0.4 is 14.5 Å². The van der Waals surface area contributed by atoms with Gasteiger partial charge >= 0.3 is 0 Å². The highest BCUT2D eigenvalue weighted by Gasteiger charge is 2.36. The van der Waals surface area contributed by atoms with Crippen molar-refractivity contribution in [1.29, 1.82) is 0 Å². The van der Waals surface area contributed by atoms with Crippen LogP contribution in [0.2, 0.25) is 0 Å². The van der Waals surface area contributed by atoms with Gasteiger partial charge in [-0.1, -0.05) is 24.3 Å². The molecule has 0 N–H and O–H groups in total. The third-order valence-corrected chi connectivity index (χ3v) is 6.02. The van der Waals surface area contributed by atoms with E-state index in [1.165, 1.54) is 4.90 Å². The molecule has 0 spiro atoms. The summed E-state index contributed by atoms with van der Waals surface area (Å²) in [4.78, 5) is 42.6. The maximum atomic E-state index is 13.0. The van der Waals surface area contributed by atoms with Gasteiger partial charge in [0.15, 0.2) is 0 Å². The first kappa shape index (κ1) is 20.8. The van der Waals surface area contributed by atoms with Gasteiger partial charge in [-0.3, -0.25) is 14.4 Å². The van der Waals surface area contributed by atoms with Crippen molar-refractivity contribution in [2.24, 2.45) is 0 Å². The van der Waals surface area contributed by atoms with Gasteiger partial charge in [0.1, 0.15) is 11.5 Å². The number of ether oxygens (including phenoxy) is 1. The molecule has 0 bridgehead atoms. The average molecular weight is 441 g/mol. The Morgan fingerprint density at radius 3 is 2.12 bits per heavy atom. The van der Waals surface area contributed by atoms with Crippen LogP contribution in [0.25, 0.3) is 0 Å². The van der Waals surface area contributed by atoms with Crippen molar-refractivity contribution in [1.82, 2.24) is 4.90 Å². The fraction of sp³-hybridized carbons (Fsp3) is 0.192. The summed E-state index contributed by atoms with van der Waals surface area (Å²) in [7, 11) is 0. The van der Waals surface area contributed by atoms with Crippen molar-refractivity contribution in [2.45, 2.75) is 6.92 Å². The Labute approximate surface area is 191 Å². The predicted molar refractivity (Wildman–Crippen MR) is 125 cm³/mol. The molecule has 0 radical (unpaired) electrons. The van der Waals surface area contributed by atoms with Gasteiger partial charge in [0.2, 0.25) is 5.91 Å². The topological polar surface area (TPSA) is 70.2 Å². The number of para-hydroxylation sites is 1. The molecule has 7 nitrogen and oxygen atoms in total. The molecular formula is C26H23N3O4. The van der Waals surface area contributed by atoms with Crippen LogP contribution in [0.5, 0.6) is 11.5 Å². The van der Waals surface area contributed by atoms with Gasteiger partial charge in [0, 0.05) is 44.9 Å². The summed E-state index contributed by atoms with van der Waals surface area (Å²) in [6.45, 7) is 4.50. The number of benzene rings is 3. The van der Waals surface area contributed by atoms with E-state index in [1.807, 2.05) is 35.2 Å². The molecule has 166 valence electrons. The van der Waals surface area contributed by atoms with Gasteiger partial charge in [0.05, 0.1) is 16.8 Å². The van der Waals surface area contributed by atoms with Crippen molar-refractivity contribution in [3.8, 4) is 11.5 Å². The van der Waals surface area contributed by atoms with E-state index in [9.17, 15) is 14.4 Å². The monoisotopic (exact) mass is 441 g/mol. The molecule has 0 saturated carbocycles. The molecule has 3 amide bonds. The molecule has 1 saturated heterocycles. The molecule has 0 atom stereocenters. The number of hydrogen-bond acceptors (Lipinski definition) is 5. The second-order valence-electron chi connectivity index (χ2n) is 8.08. The summed E-state index contributed by atoms with van der Waals surface area (Å²) in [6, 6.07) is 21.6. The lowest BCUT2D eigenvalue weighted by Gasteiger charge is -2.35. The van der Waals surface area contributed by atoms with E-state index in [0.717, 1.165) is 18.8 Å². The molecule has 0 unspecified atom stereocenters. The van der Waals surface area contributed by atoms with E-state index in [0.29, 0.717) is 41.4 Å². The summed E-state index contributed by atoms with van der Waals surface area (Å²) in [5, 5.41) is 0. The molecule has 0 aliphatic carbocycles. The second-order valence-corrected chi connectivity index (χ2v) is 8.08. The molecule has 3 aromatic carbocycles. The summed E-state index contributed by atoms with van der Waals surface area (Å²) in [6.07, 6.45) is 0. The van der Waals surface area contributed by atoms with Gasteiger partial charge in [-0.2, -0.15) is 0 Å². The number of hydrogen-bond donors (Lipinski definition) is 0. The summed E-state index contributed by atoms with van der Waals surface area (Å²) < 4.78 is 6.05. The molecule has 5 rings (SSSR count). The zero-order valence-electron chi connectivity index (χ0n) is 18.2. The highest BCUT2D eigenvalue weighted by Crippen LogP contribution is 2.33. The molecule has 33 heavy (non-hydrogen) atoms. The van der Waals surface area contributed by atoms with Crippen LogP contribution in [0.3, 0.4) is 0 Å². The van der Waals surface area contributed by atoms with E-state index >= 15 is 0 Å². The van der Waals surface area contributed by atoms with Crippen LogP contribution in [0.4, 0.5) is 11.4 Å². The van der Waals surface area contributed by atoms with Gasteiger partial charge in [-0.15, -0.1) is 0 Å². The zero-order chi connectivity index (χ0) is 22.9. The summed E-state index contributed by atoms with van der Waals surface area (Å²) in [5.74, 6) is 0.534. The van der Waals surface area contributed by atoms with Gasteiger partial charge in [0.25, 0.3) is 11.8 Å². The van der Waals surface area contributed by atoms with Crippen LogP contribution in [-0.2, 0) is 4.79 Å². The van der Waals surface area contributed by atoms with Crippen LogP contribution >= 0.6 is 0 Å². The van der Waals surface area contributed by atoms with Crippen molar-refractivity contribution >= 4 is 29.1 Å². The van der Waals surface area contributed by atoms with Crippen molar-refractivity contribution < 1.29 is 19.1 Å². The number of carbonyl (C=O) groups excluding carboxylic acids is 3. The van der Waals surface area contributed by atoms with E-state index in [4.69, 9.17) is 4.74 Å². The Hall–Kier alpha value is -4.13. The number of imide groups is 1. The van der Waals surface area contributed by atoms with Crippen LogP contribution in [0.15, 0.2) is 72.8 Å². The number of fused-ring (bicyclic) bond motifs is 1. The fourth-order valence-corrected chi connectivity index (χ4v) is 4.25. The maximum absolute atomic E-state index is 13.0. The van der Waals surface area contributed by atoms with Gasteiger partial charge < -0.3 is 14.5 Å². The number of anilines is 2. The lowest BCUT2D eigenvalue weighted by molar-refractivity contribution is -0.129. The largest absolute Gasteiger partial charge is 0.457 e. The second kappa shape index (κ2) is 8.43. The van der Waals surface area contributed by atoms with Crippen LogP contribution in [0, 0.1) is 0 Å². The quantitative estimate of drug-likeness (QED) is 0.574. The Bertz CT molecular complexity index is 1230.